The van der Waals surface area contributed by atoms with Crippen LogP contribution in [0.2, 0.25) is 0 Å². The number of pyridine rings is 1. The zero-order chi connectivity index (χ0) is 26.7. The largest absolute Gasteiger partial charge is 0.328 e. The summed E-state index contributed by atoms with van der Waals surface area (Å²) in [6.07, 6.45) is 3.88. The molecule has 0 spiro atoms. The zero-order valence-electron chi connectivity index (χ0n) is 21.9. The van der Waals surface area contributed by atoms with Crippen molar-refractivity contribution < 1.29 is 14.4 Å². The third kappa shape index (κ3) is 6.10. The van der Waals surface area contributed by atoms with Crippen LogP contribution in [0.3, 0.4) is 0 Å². The van der Waals surface area contributed by atoms with E-state index in [1.54, 1.807) is 31.5 Å². The standard InChI is InChI=1S/C30H34FN5O2/c1-30(2,31)21-35-17-15-34(16-18-35)19-22-3-7-24(8-4-22)26-11-13-32-28-27(26)12-14-36(28)20-23-5-9-25(10-6-23)29(37)33-38/h3-14,38H,15-21H2,1-2H3,(H,33,37). The molecule has 3 heterocycles. The molecule has 7 nitrogen and oxygen atoms in total. The highest BCUT2D eigenvalue weighted by atomic mass is 19.1. The van der Waals surface area contributed by atoms with Crippen molar-refractivity contribution in [2.75, 3.05) is 32.7 Å². The van der Waals surface area contributed by atoms with E-state index >= 15 is 0 Å². The average molecular weight is 516 g/mol. The molecule has 38 heavy (non-hydrogen) atoms. The molecule has 5 rings (SSSR count). The van der Waals surface area contributed by atoms with Crippen LogP contribution in [0.5, 0.6) is 0 Å². The van der Waals surface area contributed by atoms with E-state index in [0.29, 0.717) is 18.7 Å². The Kier molecular flexibility index (Phi) is 7.56. The number of halogens is 1. The number of amides is 1. The highest BCUT2D eigenvalue weighted by Gasteiger charge is 2.24. The van der Waals surface area contributed by atoms with Gasteiger partial charge in [0.25, 0.3) is 5.91 Å². The van der Waals surface area contributed by atoms with Crippen LogP contribution in [0, 0.1) is 0 Å². The van der Waals surface area contributed by atoms with Gasteiger partial charge in [-0.3, -0.25) is 19.8 Å². The molecule has 0 saturated carbocycles. The van der Waals surface area contributed by atoms with Crippen molar-refractivity contribution in [1.29, 1.82) is 0 Å². The lowest BCUT2D eigenvalue weighted by molar-refractivity contribution is 0.0706. The monoisotopic (exact) mass is 515 g/mol. The van der Waals surface area contributed by atoms with E-state index in [2.05, 4.69) is 55.7 Å². The van der Waals surface area contributed by atoms with Gasteiger partial charge in [0.2, 0.25) is 0 Å². The number of alkyl halides is 1. The number of aromatic nitrogens is 2. The van der Waals surface area contributed by atoms with Crippen LogP contribution < -0.4 is 5.48 Å². The number of piperazine rings is 1. The molecule has 0 radical (unpaired) electrons. The Balaban J connectivity index is 1.25. The number of carbonyl (C=O) groups is 1. The van der Waals surface area contributed by atoms with Gasteiger partial charge in [-0.15, -0.1) is 0 Å². The van der Waals surface area contributed by atoms with Crippen molar-refractivity contribution in [2.24, 2.45) is 0 Å². The smallest absolute Gasteiger partial charge is 0.274 e. The Morgan fingerprint density at radius 2 is 1.55 bits per heavy atom. The fourth-order valence-electron chi connectivity index (χ4n) is 5.18. The average Bonchev–Trinajstić information content (AvgIpc) is 3.32. The van der Waals surface area contributed by atoms with E-state index in [1.165, 1.54) is 5.56 Å². The fraction of sp³-hybridized carbons (Fsp3) is 0.333. The third-order valence-electron chi connectivity index (χ3n) is 7.07. The quantitative estimate of drug-likeness (QED) is 0.262. The molecule has 198 valence electrons. The predicted octanol–water partition coefficient (Wildman–Crippen LogP) is 4.74. The maximum absolute atomic E-state index is 14.0. The van der Waals surface area contributed by atoms with Crippen LogP contribution in [-0.4, -0.2) is 68.9 Å². The van der Waals surface area contributed by atoms with Crippen LogP contribution in [0.4, 0.5) is 4.39 Å². The minimum absolute atomic E-state index is 0.403. The lowest BCUT2D eigenvalue weighted by atomic mass is 10.0. The van der Waals surface area contributed by atoms with E-state index in [9.17, 15) is 9.18 Å². The van der Waals surface area contributed by atoms with Gasteiger partial charge >= 0.3 is 0 Å². The molecular weight excluding hydrogens is 481 g/mol. The number of hydrogen-bond acceptors (Lipinski definition) is 5. The summed E-state index contributed by atoms with van der Waals surface area (Å²) in [5.41, 5.74) is 6.40. The number of rotatable bonds is 8. The molecule has 0 atom stereocenters. The maximum Gasteiger partial charge on any atom is 0.274 e. The Morgan fingerprint density at radius 1 is 0.921 bits per heavy atom. The molecule has 4 aromatic rings. The van der Waals surface area contributed by atoms with Crippen molar-refractivity contribution in [1.82, 2.24) is 24.8 Å². The predicted molar refractivity (Wildman–Crippen MR) is 147 cm³/mol. The van der Waals surface area contributed by atoms with E-state index in [0.717, 1.165) is 60.4 Å². The molecule has 2 aromatic heterocycles. The Hall–Kier alpha value is -3.59. The molecule has 1 amide bonds. The second-order valence-electron chi connectivity index (χ2n) is 10.6. The minimum atomic E-state index is -1.15. The number of nitrogens with one attached hydrogen (secondary N) is 1. The highest BCUT2D eigenvalue weighted by molar-refractivity contribution is 5.94. The van der Waals surface area contributed by atoms with Crippen LogP contribution >= 0.6 is 0 Å². The van der Waals surface area contributed by atoms with Gasteiger partial charge in [0.1, 0.15) is 11.3 Å². The molecule has 2 N–H and O–H groups in total. The molecule has 8 heteroatoms. The van der Waals surface area contributed by atoms with Crippen molar-refractivity contribution in [3.8, 4) is 11.1 Å². The van der Waals surface area contributed by atoms with Crippen molar-refractivity contribution in [2.45, 2.75) is 32.6 Å². The van der Waals surface area contributed by atoms with Gasteiger partial charge in [-0.25, -0.2) is 14.9 Å². The second-order valence-corrected chi connectivity index (χ2v) is 10.6. The summed E-state index contributed by atoms with van der Waals surface area (Å²) in [7, 11) is 0. The summed E-state index contributed by atoms with van der Waals surface area (Å²) in [5.74, 6) is -0.527. The third-order valence-corrected chi connectivity index (χ3v) is 7.07. The molecule has 1 aliphatic heterocycles. The van der Waals surface area contributed by atoms with Crippen molar-refractivity contribution >= 4 is 16.9 Å². The first-order chi connectivity index (χ1) is 18.3. The number of hydrogen-bond donors (Lipinski definition) is 2. The molecule has 1 saturated heterocycles. The number of nitrogens with zero attached hydrogens (tertiary/aromatic N) is 4. The topological polar surface area (TPSA) is 73.6 Å². The first-order valence-corrected chi connectivity index (χ1v) is 13.0. The van der Waals surface area contributed by atoms with Crippen LogP contribution in [0.25, 0.3) is 22.2 Å². The number of hydroxylamine groups is 1. The summed E-state index contributed by atoms with van der Waals surface area (Å²) >= 11 is 0. The van der Waals surface area contributed by atoms with E-state index in [4.69, 9.17) is 5.21 Å². The summed E-state index contributed by atoms with van der Waals surface area (Å²) in [6, 6.07) is 20.0. The minimum Gasteiger partial charge on any atom is -0.328 e. The SMILES string of the molecule is CC(C)(F)CN1CCN(Cc2ccc(-c3ccnc4c3ccn4Cc3ccc(C(=O)NO)cc3)cc2)CC1. The fourth-order valence-corrected chi connectivity index (χ4v) is 5.18. The van der Waals surface area contributed by atoms with Gasteiger partial charge in [-0.2, -0.15) is 0 Å². The first kappa shape index (κ1) is 26.0. The van der Waals surface area contributed by atoms with E-state index in [1.807, 2.05) is 24.5 Å². The summed E-state index contributed by atoms with van der Waals surface area (Å²) in [6.45, 7) is 9.01. The first-order valence-electron chi connectivity index (χ1n) is 13.0. The molecule has 0 bridgehead atoms. The Labute approximate surface area is 222 Å². The Bertz CT molecular complexity index is 1390. The zero-order valence-corrected chi connectivity index (χ0v) is 21.9. The summed E-state index contributed by atoms with van der Waals surface area (Å²) in [5, 5.41) is 9.89. The molecule has 1 aliphatic rings. The van der Waals surface area contributed by atoms with Crippen molar-refractivity contribution in [3.05, 3.63) is 89.7 Å². The molecule has 1 fully saturated rings. The van der Waals surface area contributed by atoms with Gasteiger partial charge in [0.15, 0.2) is 0 Å². The molecule has 0 unspecified atom stereocenters. The van der Waals surface area contributed by atoms with Crippen LogP contribution in [0.1, 0.15) is 35.3 Å². The van der Waals surface area contributed by atoms with Crippen LogP contribution in [0.15, 0.2) is 73.1 Å². The van der Waals surface area contributed by atoms with E-state index in [-0.39, 0.29) is 0 Å². The molecular formula is C30H34FN5O2. The summed E-state index contributed by atoms with van der Waals surface area (Å²) < 4.78 is 16.1. The maximum atomic E-state index is 14.0. The Morgan fingerprint density at radius 3 is 2.21 bits per heavy atom. The van der Waals surface area contributed by atoms with Gasteiger partial charge in [0.05, 0.1) is 0 Å². The number of fused-ring (bicyclic) bond motifs is 1. The number of benzene rings is 2. The summed E-state index contributed by atoms with van der Waals surface area (Å²) in [4.78, 5) is 20.9. The van der Waals surface area contributed by atoms with Gasteiger partial charge < -0.3 is 4.57 Å². The van der Waals surface area contributed by atoms with Gasteiger partial charge in [-0.05, 0) is 60.4 Å². The van der Waals surface area contributed by atoms with Gasteiger partial charge in [0, 0.05) is 69.2 Å². The molecule has 0 aliphatic carbocycles. The van der Waals surface area contributed by atoms with Crippen LogP contribution in [-0.2, 0) is 13.1 Å². The van der Waals surface area contributed by atoms with Crippen molar-refractivity contribution in [3.63, 3.8) is 0 Å². The lowest BCUT2D eigenvalue weighted by Gasteiger charge is -2.36. The van der Waals surface area contributed by atoms with Gasteiger partial charge in [-0.1, -0.05) is 36.4 Å². The normalized spacial score (nSPS) is 15.2. The molecule has 2 aromatic carbocycles. The second kappa shape index (κ2) is 11.0. The lowest BCUT2D eigenvalue weighted by Crippen LogP contribution is -2.49. The highest BCUT2D eigenvalue weighted by Crippen LogP contribution is 2.29. The van der Waals surface area contributed by atoms with E-state index < -0.39 is 11.6 Å². The number of carbonyl (C=O) groups excluding carboxylic acids is 1.